The van der Waals surface area contributed by atoms with Crippen molar-refractivity contribution in [3.63, 3.8) is 0 Å². The molecule has 3 fully saturated rings. The smallest absolute Gasteiger partial charge is 0.154 e. The van der Waals surface area contributed by atoms with E-state index < -0.39 is 0 Å². The molecule has 0 aliphatic carbocycles. The Balaban J connectivity index is 1.50. The van der Waals surface area contributed by atoms with Crippen LogP contribution in [0, 0.1) is 12.8 Å². The van der Waals surface area contributed by atoms with Gasteiger partial charge in [-0.2, -0.15) is 5.10 Å². The van der Waals surface area contributed by atoms with Crippen molar-refractivity contribution in [3.05, 3.63) is 60.0 Å². The molecule has 3 saturated heterocycles. The second-order valence-corrected chi connectivity index (χ2v) is 8.44. The van der Waals surface area contributed by atoms with Gasteiger partial charge in [-0.05, 0) is 57.0 Å². The fraction of sp³-hybridized carbons (Fsp3) is 0.435. The number of aromatic nitrogens is 2. The normalized spacial score (nSPS) is 23.2. The molecule has 0 unspecified atom stereocenters. The highest BCUT2D eigenvalue weighted by atomic mass is 16.3. The number of piperidine rings is 1. The number of fused-ring (bicyclic) bond motifs is 4. The van der Waals surface area contributed by atoms with Crippen LogP contribution in [-0.2, 0) is 6.54 Å². The van der Waals surface area contributed by atoms with E-state index in [0.29, 0.717) is 6.04 Å². The summed E-state index contributed by atoms with van der Waals surface area (Å²) in [6.45, 7) is 6.49. The number of aryl methyl sites for hydroxylation is 1. The van der Waals surface area contributed by atoms with E-state index in [0.717, 1.165) is 35.4 Å². The molecular weight excluding hydrogens is 348 g/mol. The van der Waals surface area contributed by atoms with E-state index in [9.17, 15) is 0 Å². The fourth-order valence-electron chi connectivity index (χ4n) is 4.83. The molecule has 0 radical (unpaired) electrons. The minimum atomic E-state index is 0.634. The van der Waals surface area contributed by atoms with Gasteiger partial charge in [-0.3, -0.25) is 4.90 Å². The zero-order valence-corrected chi connectivity index (χ0v) is 16.7. The zero-order valence-electron chi connectivity index (χ0n) is 16.7. The van der Waals surface area contributed by atoms with Crippen molar-refractivity contribution in [2.45, 2.75) is 32.4 Å². The Hall–Kier alpha value is -2.37. The summed E-state index contributed by atoms with van der Waals surface area (Å²) in [5.41, 5.74) is 3.29. The first-order valence-electron chi connectivity index (χ1n) is 10.3. The molecule has 2 aromatic heterocycles. The van der Waals surface area contributed by atoms with Crippen molar-refractivity contribution >= 4 is 0 Å². The second kappa shape index (κ2) is 7.22. The summed E-state index contributed by atoms with van der Waals surface area (Å²) in [5.74, 6) is 2.56. The molecule has 1 aromatic carbocycles. The van der Waals surface area contributed by atoms with Crippen LogP contribution >= 0.6 is 0 Å². The Labute approximate surface area is 166 Å². The first kappa shape index (κ1) is 17.7. The van der Waals surface area contributed by atoms with Crippen LogP contribution in [0.2, 0.25) is 0 Å². The summed E-state index contributed by atoms with van der Waals surface area (Å²) in [6.07, 6.45) is 4.85. The summed E-state index contributed by atoms with van der Waals surface area (Å²) in [5, 5.41) is 4.92. The molecule has 3 aliphatic heterocycles. The van der Waals surface area contributed by atoms with Crippen molar-refractivity contribution in [3.8, 4) is 17.1 Å². The summed E-state index contributed by atoms with van der Waals surface area (Å²) in [4.78, 5) is 5.18. The van der Waals surface area contributed by atoms with Gasteiger partial charge in [0.1, 0.15) is 11.5 Å². The molecular formula is C23H28N4O. The highest BCUT2D eigenvalue weighted by Gasteiger charge is 2.34. The maximum atomic E-state index is 5.95. The van der Waals surface area contributed by atoms with Gasteiger partial charge in [0, 0.05) is 44.0 Å². The number of benzene rings is 1. The first-order valence-corrected chi connectivity index (χ1v) is 10.3. The van der Waals surface area contributed by atoms with Crippen LogP contribution in [0.1, 0.15) is 24.2 Å². The standard InChI is InChI=1S/C23H28N4O/c1-17-8-11-22(28-17)23-19(15-27(24-23)20-6-4-3-5-7-20)14-26-13-18-9-10-21(26)16-25(2)12-18/h3-8,11,15,18,21H,9-10,12-14,16H2,1-2H3/t18-,21+/m1/s1. The number of hydrogen-bond donors (Lipinski definition) is 0. The Morgan fingerprint density at radius 1 is 1.04 bits per heavy atom. The van der Waals surface area contributed by atoms with E-state index in [4.69, 9.17) is 9.52 Å². The Bertz CT molecular complexity index is 945. The third kappa shape index (κ3) is 3.40. The monoisotopic (exact) mass is 376 g/mol. The zero-order chi connectivity index (χ0) is 19.1. The SMILES string of the molecule is Cc1ccc(-c2nn(-c3ccccc3)cc2CN2C[C@@H]3CC[C@H]2CN(C)C3)o1. The van der Waals surface area contributed by atoms with Crippen LogP contribution in [0.25, 0.3) is 17.1 Å². The predicted octanol–water partition coefficient (Wildman–Crippen LogP) is 3.97. The second-order valence-electron chi connectivity index (χ2n) is 8.44. The van der Waals surface area contributed by atoms with E-state index >= 15 is 0 Å². The van der Waals surface area contributed by atoms with Crippen molar-refractivity contribution in [1.29, 1.82) is 0 Å². The number of hydrogen-bond acceptors (Lipinski definition) is 4. The van der Waals surface area contributed by atoms with Gasteiger partial charge < -0.3 is 9.32 Å². The quantitative estimate of drug-likeness (QED) is 0.691. The van der Waals surface area contributed by atoms with Gasteiger partial charge >= 0.3 is 0 Å². The van der Waals surface area contributed by atoms with Crippen LogP contribution in [0.15, 0.2) is 53.1 Å². The van der Waals surface area contributed by atoms with E-state index in [1.807, 2.05) is 29.8 Å². The number of furan rings is 1. The van der Waals surface area contributed by atoms with E-state index in [-0.39, 0.29) is 0 Å². The number of para-hydroxylation sites is 1. The molecule has 5 heterocycles. The highest BCUT2D eigenvalue weighted by Crippen LogP contribution is 2.32. The average molecular weight is 377 g/mol. The van der Waals surface area contributed by atoms with E-state index in [2.05, 4.69) is 47.3 Å². The molecule has 5 heteroatoms. The molecule has 0 N–H and O–H groups in total. The minimum absolute atomic E-state index is 0.634. The van der Waals surface area contributed by atoms with Crippen molar-refractivity contribution in [2.24, 2.45) is 5.92 Å². The molecule has 0 amide bonds. The van der Waals surface area contributed by atoms with Gasteiger partial charge in [-0.1, -0.05) is 18.2 Å². The maximum absolute atomic E-state index is 5.95. The van der Waals surface area contributed by atoms with Crippen LogP contribution < -0.4 is 0 Å². The minimum Gasteiger partial charge on any atom is -0.460 e. The molecule has 3 aliphatic rings. The van der Waals surface area contributed by atoms with Gasteiger partial charge in [0.25, 0.3) is 0 Å². The molecule has 3 aromatic rings. The average Bonchev–Trinajstić information content (AvgIpc) is 3.22. The topological polar surface area (TPSA) is 37.4 Å². The lowest BCUT2D eigenvalue weighted by molar-refractivity contribution is 0.124. The molecule has 0 saturated carbocycles. The summed E-state index contributed by atoms with van der Waals surface area (Å²) < 4.78 is 7.94. The van der Waals surface area contributed by atoms with E-state index in [1.165, 1.54) is 38.0 Å². The molecule has 5 nitrogen and oxygen atoms in total. The lowest BCUT2D eigenvalue weighted by Crippen LogP contribution is -2.43. The van der Waals surface area contributed by atoms with Gasteiger partial charge in [-0.15, -0.1) is 0 Å². The van der Waals surface area contributed by atoms with Crippen molar-refractivity contribution in [2.75, 3.05) is 26.7 Å². The lowest BCUT2D eigenvalue weighted by Gasteiger charge is -2.36. The summed E-state index contributed by atoms with van der Waals surface area (Å²) >= 11 is 0. The van der Waals surface area contributed by atoms with Gasteiger partial charge in [-0.25, -0.2) is 4.68 Å². The number of likely N-dealkylation sites (N-methyl/N-ethyl adjacent to an activating group) is 1. The molecule has 2 atom stereocenters. The van der Waals surface area contributed by atoms with Crippen LogP contribution in [0.4, 0.5) is 0 Å². The Kier molecular flexibility index (Phi) is 4.57. The molecule has 2 bridgehead atoms. The third-order valence-corrected chi connectivity index (χ3v) is 6.17. The fourth-order valence-corrected chi connectivity index (χ4v) is 4.83. The Morgan fingerprint density at radius 3 is 2.68 bits per heavy atom. The van der Waals surface area contributed by atoms with Gasteiger partial charge in [0.15, 0.2) is 5.76 Å². The van der Waals surface area contributed by atoms with E-state index in [1.54, 1.807) is 0 Å². The maximum Gasteiger partial charge on any atom is 0.154 e. The van der Waals surface area contributed by atoms with Crippen molar-refractivity contribution in [1.82, 2.24) is 19.6 Å². The summed E-state index contributed by atoms with van der Waals surface area (Å²) in [6, 6.07) is 15.0. The largest absolute Gasteiger partial charge is 0.460 e. The summed E-state index contributed by atoms with van der Waals surface area (Å²) in [7, 11) is 2.26. The van der Waals surface area contributed by atoms with Crippen LogP contribution in [0.5, 0.6) is 0 Å². The first-order chi connectivity index (χ1) is 13.7. The molecule has 28 heavy (non-hydrogen) atoms. The Morgan fingerprint density at radius 2 is 1.89 bits per heavy atom. The van der Waals surface area contributed by atoms with Crippen LogP contribution in [0.3, 0.4) is 0 Å². The van der Waals surface area contributed by atoms with Crippen molar-refractivity contribution < 1.29 is 4.42 Å². The van der Waals surface area contributed by atoms with Crippen LogP contribution in [-0.4, -0.2) is 52.3 Å². The lowest BCUT2D eigenvalue weighted by atomic mass is 9.94. The van der Waals surface area contributed by atoms with Gasteiger partial charge in [0.2, 0.25) is 0 Å². The molecule has 6 rings (SSSR count). The number of nitrogens with zero attached hydrogens (tertiary/aromatic N) is 4. The van der Waals surface area contributed by atoms with Gasteiger partial charge in [0.05, 0.1) is 5.69 Å². The molecule has 0 spiro atoms. The highest BCUT2D eigenvalue weighted by molar-refractivity contribution is 5.58. The predicted molar refractivity (Wildman–Crippen MR) is 110 cm³/mol. The number of rotatable bonds is 4. The molecule has 146 valence electrons. The third-order valence-electron chi connectivity index (χ3n) is 6.17.